The van der Waals surface area contributed by atoms with E-state index < -0.39 is 0 Å². The predicted molar refractivity (Wildman–Crippen MR) is 74.8 cm³/mol. The number of aromatic nitrogens is 1. The SMILES string of the molecule is C=Cc1nc(C)ccc1B1OC(C)(C)C(C)(C)O1. The Morgan fingerprint density at radius 1 is 1.17 bits per heavy atom. The number of pyridine rings is 1. The summed E-state index contributed by atoms with van der Waals surface area (Å²) < 4.78 is 12.0. The van der Waals surface area contributed by atoms with Crippen LogP contribution in [-0.4, -0.2) is 23.3 Å². The van der Waals surface area contributed by atoms with Crippen LogP contribution in [0, 0.1) is 6.92 Å². The molecule has 0 unspecified atom stereocenters. The summed E-state index contributed by atoms with van der Waals surface area (Å²) in [6, 6.07) is 3.97. The summed E-state index contributed by atoms with van der Waals surface area (Å²) in [5.74, 6) is 0. The molecule has 3 nitrogen and oxygen atoms in total. The summed E-state index contributed by atoms with van der Waals surface area (Å²) in [7, 11) is -0.379. The van der Waals surface area contributed by atoms with E-state index in [1.807, 2.05) is 46.8 Å². The molecule has 2 heterocycles. The zero-order valence-corrected chi connectivity index (χ0v) is 11.8. The molecule has 0 bridgehead atoms. The van der Waals surface area contributed by atoms with Gasteiger partial charge in [0.2, 0.25) is 0 Å². The Balaban J connectivity index is 2.38. The molecule has 4 heteroatoms. The monoisotopic (exact) mass is 245 g/mol. The van der Waals surface area contributed by atoms with Gasteiger partial charge in [0, 0.05) is 11.2 Å². The van der Waals surface area contributed by atoms with Crippen LogP contribution in [0.5, 0.6) is 0 Å². The molecule has 0 amide bonds. The molecule has 1 aliphatic heterocycles. The third-order valence-electron chi connectivity index (χ3n) is 3.80. The van der Waals surface area contributed by atoms with Crippen LogP contribution in [-0.2, 0) is 9.31 Å². The van der Waals surface area contributed by atoms with Crippen molar-refractivity contribution in [3.8, 4) is 0 Å². The van der Waals surface area contributed by atoms with E-state index in [1.54, 1.807) is 6.08 Å². The van der Waals surface area contributed by atoms with Crippen LogP contribution < -0.4 is 5.46 Å². The van der Waals surface area contributed by atoms with Gasteiger partial charge in [0.15, 0.2) is 0 Å². The Labute approximate surface area is 109 Å². The standard InChI is InChI=1S/C14H20BNO2/c1-7-12-11(9-8-10(2)16-12)15-17-13(3,4)14(5,6)18-15/h7-9H,1H2,2-6H3. The Kier molecular flexibility index (Phi) is 3.12. The van der Waals surface area contributed by atoms with Gasteiger partial charge in [0.1, 0.15) is 0 Å². The van der Waals surface area contributed by atoms with E-state index in [0.717, 1.165) is 16.9 Å². The average Bonchev–Trinajstić information content (AvgIpc) is 2.47. The minimum atomic E-state index is -0.379. The highest BCUT2D eigenvalue weighted by molar-refractivity contribution is 6.62. The van der Waals surface area contributed by atoms with Crippen molar-refractivity contribution in [3.63, 3.8) is 0 Å². The molecule has 0 aliphatic carbocycles. The summed E-state index contributed by atoms with van der Waals surface area (Å²) in [6.07, 6.45) is 1.74. The zero-order valence-electron chi connectivity index (χ0n) is 11.8. The molecular formula is C14H20BNO2. The molecule has 0 saturated carbocycles. The minimum absolute atomic E-state index is 0.332. The van der Waals surface area contributed by atoms with Crippen molar-refractivity contribution in [1.29, 1.82) is 0 Å². The quantitative estimate of drug-likeness (QED) is 0.749. The van der Waals surface area contributed by atoms with Gasteiger partial charge in [-0.15, -0.1) is 0 Å². The summed E-state index contributed by atoms with van der Waals surface area (Å²) >= 11 is 0. The molecular weight excluding hydrogens is 225 g/mol. The van der Waals surface area contributed by atoms with Gasteiger partial charge >= 0.3 is 7.12 Å². The first-order valence-corrected chi connectivity index (χ1v) is 6.22. The van der Waals surface area contributed by atoms with Gasteiger partial charge in [-0.05, 0) is 46.8 Å². The van der Waals surface area contributed by atoms with E-state index in [-0.39, 0.29) is 18.3 Å². The van der Waals surface area contributed by atoms with E-state index in [9.17, 15) is 0 Å². The second-order valence-electron chi connectivity index (χ2n) is 5.72. The van der Waals surface area contributed by atoms with Crippen LogP contribution in [0.4, 0.5) is 0 Å². The Morgan fingerprint density at radius 3 is 2.22 bits per heavy atom. The molecule has 0 N–H and O–H groups in total. The van der Waals surface area contributed by atoms with E-state index in [1.165, 1.54) is 0 Å². The van der Waals surface area contributed by atoms with E-state index >= 15 is 0 Å². The van der Waals surface area contributed by atoms with Crippen molar-refractivity contribution >= 4 is 18.7 Å². The lowest BCUT2D eigenvalue weighted by Crippen LogP contribution is -2.41. The predicted octanol–water partition coefficient (Wildman–Crippen LogP) is 2.33. The van der Waals surface area contributed by atoms with Crippen molar-refractivity contribution in [2.24, 2.45) is 0 Å². The van der Waals surface area contributed by atoms with Crippen LogP contribution in [0.25, 0.3) is 6.08 Å². The van der Waals surface area contributed by atoms with E-state index in [2.05, 4.69) is 11.6 Å². The fourth-order valence-corrected chi connectivity index (χ4v) is 1.92. The lowest BCUT2D eigenvalue weighted by Gasteiger charge is -2.32. The highest BCUT2D eigenvalue weighted by Gasteiger charge is 2.52. The topological polar surface area (TPSA) is 31.4 Å². The van der Waals surface area contributed by atoms with Crippen LogP contribution in [0.1, 0.15) is 39.1 Å². The molecule has 1 aromatic heterocycles. The number of aryl methyl sites for hydroxylation is 1. The molecule has 96 valence electrons. The summed E-state index contributed by atoms with van der Waals surface area (Å²) in [5, 5.41) is 0. The molecule has 1 aliphatic rings. The van der Waals surface area contributed by atoms with Gasteiger partial charge in [0.05, 0.1) is 16.9 Å². The molecule has 18 heavy (non-hydrogen) atoms. The van der Waals surface area contributed by atoms with Gasteiger partial charge < -0.3 is 9.31 Å². The van der Waals surface area contributed by atoms with Crippen LogP contribution >= 0.6 is 0 Å². The maximum Gasteiger partial charge on any atom is 0.497 e. The van der Waals surface area contributed by atoms with Crippen molar-refractivity contribution in [2.45, 2.75) is 45.8 Å². The van der Waals surface area contributed by atoms with Crippen molar-refractivity contribution in [3.05, 3.63) is 30.1 Å². The largest absolute Gasteiger partial charge is 0.497 e. The Bertz CT molecular complexity index is 467. The lowest BCUT2D eigenvalue weighted by molar-refractivity contribution is 0.00578. The summed E-state index contributed by atoms with van der Waals surface area (Å²) in [6.45, 7) is 13.9. The molecule has 0 radical (unpaired) electrons. The van der Waals surface area contributed by atoms with Crippen LogP contribution in [0.15, 0.2) is 18.7 Å². The molecule has 0 aromatic carbocycles. The maximum absolute atomic E-state index is 6.02. The fraction of sp³-hybridized carbons (Fsp3) is 0.500. The smallest absolute Gasteiger partial charge is 0.399 e. The maximum atomic E-state index is 6.02. The number of rotatable bonds is 2. The first kappa shape index (κ1) is 13.3. The Morgan fingerprint density at radius 2 is 1.72 bits per heavy atom. The highest BCUT2D eigenvalue weighted by Crippen LogP contribution is 2.36. The highest BCUT2D eigenvalue weighted by atomic mass is 16.7. The molecule has 1 aromatic rings. The third kappa shape index (κ3) is 2.11. The first-order valence-electron chi connectivity index (χ1n) is 6.22. The van der Waals surface area contributed by atoms with Gasteiger partial charge in [0.25, 0.3) is 0 Å². The molecule has 0 atom stereocenters. The number of hydrogen-bond acceptors (Lipinski definition) is 3. The third-order valence-corrected chi connectivity index (χ3v) is 3.80. The van der Waals surface area contributed by atoms with Crippen molar-refractivity contribution < 1.29 is 9.31 Å². The van der Waals surface area contributed by atoms with Gasteiger partial charge in [-0.3, -0.25) is 4.98 Å². The Hall–Kier alpha value is -1.13. The fourth-order valence-electron chi connectivity index (χ4n) is 1.92. The number of nitrogens with zero attached hydrogens (tertiary/aromatic N) is 1. The van der Waals surface area contributed by atoms with Crippen LogP contribution in [0.2, 0.25) is 0 Å². The lowest BCUT2D eigenvalue weighted by atomic mass is 9.77. The van der Waals surface area contributed by atoms with E-state index in [0.29, 0.717) is 0 Å². The molecule has 2 rings (SSSR count). The van der Waals surface area contributed by atoms with E-state index in [4.69, 9.17) is 9.31 Å². The van der Waals surface area contributed by atoms with Gasteiger partial charge in [-0.2, -0.15) is 0 Å². The first-order chi connectivity index (χ1) is 8.27. The molecule has 1 saturated heterocycles. The van der Waals surface area contributed by atoms with Crippen molar-refractivity contribution in [1.82, 2.24) is 4.98 Å². The van der Waals surface area contributed by atoms with Gasteiger partial charge in [-0.1, -0.05) is 12.6 Å². The van der Waals surface area contributed by atoms with Gasteiger partial charge in [-0.25, -0.2) is 0 Å². The second kappa shape index (κ2) is 4.21. The molecule has 0 spiro atoms. The number of hydrogen-bond donors (Lipinski definition) is 0. The van der Waals surface area contributed by atoms with Crippen molar-refractivity contribution in [2.75, 3.05) is 0 Å². The normalized spacial score (nSPS) is 21.1. The average molecular weight is 245 g/mol. The van der Waals surface area contributed by atoms with Crippen LogP contribution in [0.3, 0.4) is 0 Å². The minimum Gasteiger partial charge on any atom is -0.399 e. The summed E-state index contributed by atoms with van der Waals surface area (Å²) in [5.41, 5.74) is 2.06. The zero-order chi connectivity index (χ0) is 13.6. The summed E-state index contributed by atoms with van der Waals surface area (Å²) in [4.78, 5) is 4.45. The second-order valence-corrected chi connectivity index (χ2v) is 5.72. The molecule has 1 fully saturated rings.